The van der Waals surface area contributed by atoms with Crippen LogP contribution in [0.1, 0.15) is 6.92 Å². The number of aromatic nitrogens is 2. The maximum atomic E-state index is 14.1. The van der Waals surface area contributed by atoms with Crippen molar-refractivity contribution in [3.8, 4) is 22.9 Å². The average molecular weight is 399 g/mol. The van der Waals surface area contributed by atoms with Gasteiger partial charge in [0.2, 0.25) is 5.88 Å². The van der Waals surface area contributed by atoms with Crippen molar-refractivity contribution >= 4 is 29.2 Å². The number of ether oxygens (including phenoxy) is 2. The van der Waals surface area contributed by atoms with E-state index in [1.807, 2.05) is 0 Å². The van der Waals surface area contributed by atoms with Gasteiger partial charge in [0.1, 0.15) is 22.3 Å². The van der Waals surface area contributed by atoms with E-state index < -0.39 is 29.3 Å². The number of aliphatic carboxylic acids is 1. The van der Waals surface area contributed by atoms with Crippen LogP contribution in [0.2, 0.25) is 5.02 Å². The van der Waals surface area contributed by atoms with Crippen molar-refractivity contribution in [2.75, 3.05) is 0 Å². The Bertz CT molecular complexity index is 812. The monoisotopic (exact) mass is 398 g/mol. The maximum absolute atomic E-state index is 14.1. The highest BCUT2D eigenvalue weighted by Gasteiger charge is 2.33. The molecule has 11 heteroatoms. The zero-order valence-corrected chi connectivity index (χ0v) is 14.3. The van der Waals surface area contributed by atoms with E-state index in [9.17, 15) is 18.0 Å². The fourth-order valence-electron chi connectivity index (χ4n) is 1.88. The number of hydrogen-bond donors (Lipinski definition) is 1. The van der Waals surface area contributed by atoms with Gasteiger partial charge in [-0.15, -0.1) is 0 Å². The smallest absolute Gasteiger partial charge is 0.388 e. The third kappa shape index (κ3) is 4.10. The highest BCUT2D eigenvalue weighted by atomic mass is 35.5. The molecule has 0 aliphatic heterocycles. The summed E-state index contributed by atoms with van der Waals surface area (Å²) in [6.45, 7) is -2.06. The first kappa shape index (κ1) is 19.2. The summed E-state index contributed by atoms with van der Waals surface area (Å²) in [5.41, 5.74) is -0.394. The molecular formula is C14H11Cl2F3N2O4. The number of nitrogens with zero attached hydrogens (tertiary/aromatic N) is 2. The standard InChI is InChI=1S/C14H11Cl2F3N2O4/c1-14(16,12(22)23)25-6-3-4-8(17)7(5-6)10-9(15)11(21(2)20-10)24-13(18)19/h3-5,13H,1-2H3,(H,22,23). The number of carbonyl (C=O) groups is 1. The quantitative estimate of drug-likeness (QED) is 0.746. The van der Waals surface area contributed by atoms with E-state index in [-0.39, 0.29) is 22.0 Å². The maximum Gasteiger partial charge on any atom is 0.388 e. The van der Waals surface area contributed by atoms with Crippen LogP contribution < -0.4 is 9.47 Å². The van der Waals surface area contributed by atoms with Gasteiger partial charge in [-0.1, -0.05) is 23.2 Å². The molecule has 1 atom stereocenters. The second-order valence-electron chi connectivity index (χ2n) is 4.94. The van der Waals surface area contributed by atoms with Crippen molar-refractivity contribution in [3.05, 3.63) is 29.0 Å². The van der Waals surface area contributed by atoms with E-state index in [0.29, 0.717) is 0 Å². The third-order valence-corrected chi connectivity index (χ3v) is 3.60. The van der Waals surface area contributed by atoms with Crippen molar-refractivity contribution in [3.63, 3.8) is 0 Å². The van der Waals surface area contributed by atoms with Gasteiger partial charge in [-0.25, -0.2) is 13.9 Å². The Morgan fingerprint density at radius 3 is 2.64 bits per heavy atom. The molecule has 0 radical (unpaired) electrons. The fourth-order valence-corrected chi connectivity index (χ4v) is 2.28. The topological polar surface area (TPSA) is 73.6 Å². The molecule has 2 rings (SSSR count). The van der Waals surface area contributed by atoms with E-state index in [1.165, 1.54) is 7.05 Å². The second-order valence-corrected chi connectivity index (χ2v) is 6.03. The molecule has 0 fully saturated rings. The van der Waals surface area contributed by atoms with Crippen LogP contribution in [0.15, 0.2) is 18.2 Å². The predicted molar refractivity (Wildman–Crippen MR) is 82.8 cm³/mol. The van der Waals surface area contributed by atoms with Crippen LogP contribution in [0.5, 0.6) is 11.6 Å². The molecule has 0 saturated carbocycles. The van der Waals surface area contributed by atoms with Gasteiger partial charge in [0.05, 0.1) is 0 Å². The van der Waals surface area contributed by atoms with Crippen molar-refractivity contribution in [2.45, 2.75) is 18.6 Å². The van der Waals surface area contributed by atoms with E-state index in [4.69, 9.17) is 33.0 Å². The highest BCUT2D eigenvalue weighted by molar-refractivity contribution is 6.34. The molecule has 1 N–H and O–H groups in total. The van der Waals surface area contributed by atoms with Crippen LogP contribution in [-0.4, -0.2) is 32.5 Å². The van der Waals surface area contributed by atoms with Gasteiger partial charge in [-0.3, -0.25) is 0 Å². The molecular weight excluding hydrogens is 388 g/mol. The molecule has 1 unspecified atom stereocenters. The molecule has 136 valence electrons. The molecule has 6 nitrogen and oxygen atoms in total. The zero-order valence-electron chi connectivity index (χ0n) is 12.8. The zero-order chi connectivity index (χ0) is 18.9. The van der Waals surface area contributed by atoms with E-state index in [1.54, 1.807) is 0 Å². The van der Waals surface area contributed by atoms with Crippen LogP contribution in [0, 0.1) is 5.82 Å². The summed E-state index contributed by atoms with van der Waals surface area (Å²) in [5.74, 6) is -2.79. The lowest BCUT2D eigenvalue weighted by Gasteiger charge is -2.19. The Labute approximate surface area is 149 Å². The third-order valence-electron chi connectivity index (χ3n) is 3.02. The molecule has 1 heterocycles. The molecule has 2 aromatic rings. The Hall–Kier alpha value is -2.13. The second kappa shape index (κ2) is 7.01. The van der Waals surface area contributed by atoms with Gasteiger partial charge in [-0.2, -0.15) is 13.9 Å². The minimum absolute atomic E-state index is 0.0886. The first-order valence-electron chi connectivity index (χ1n) is 6.61. The summed E-state index contributed by atoms with van der Waals surface area (Å²) in [5, 5.41) is 10.4. The summed E-state index contributed by atoms with van der Waals surface area (Å²) < 4.78 is 49.2. The molecule has 25 heavy (non-hydrogen) atoms. The normalized spacial score (nSPS) is 13.6. The van der Waals surface area contributed by atoms with Gasteiger partial charge in [0.15, 0.2) is 0 Å². The van der Waals surface area contributed by atoms with E-state index >= 15 is 0 Å². The lowest BCUT2D eigenvalue weighted by molar-refractivity contribution is -0.147. The minimum atomic E-state index is -3.15. The Kier molecular flexibility index (Phi) is 5.38. The summed E-state index contributed by atoms with van der Waals surface area (Å²) >= 11 is 11.6. The molecule has 0 saturated heterocycles. The lowest BCUT2D eigenvalue weighted by Crippen LogP contribution is -2.35. The largest absolute Gasteiger partial charge is 0.477 e. The van der Waals surface area contributed by atoms with Crippen LogP contribution in [0.3, 0.4) is 0 Å². The molecule has 1 aromatic heterocycles. The van der Waals surface area contributed by atoms with Crippen LogP contribution >= 0.6 is 23.2 Å². The number of alkyl halides is 3. The fraction of sp³-hybridized carbons (Fsp3) is 0.286. The Morgan fingerprint density at radius 1 is 1.44 bits per heavy atom. The Morgan fingerprint density at radius 2 is 2.08 bits per heavy atom. The predicted octanol–water partition coefficient (Wildman–Crippen LogP) is 3.90. The average Bonchev–Trinajstić information content (AvgIpc) is 2.76. The molecule has 0 amide bonds. The van der Waals surface area contributed by atoms with Gasteiger partial charge in [0.25, 0.3) is 5.06 Å². The van der Waals surface area contributed by atoms with Gasteiger partial charge >= 0.3 is 12.6 Å². The number of rotatable bonds is 6. The minimum Gasteiger partial charge on any atom is -0.477 e. The van der Waals surface area contributed by atoms with Gasteiger partial charge in [0, 0.05) is 19.5 Å². The molecule has 0 spiro atoms. The Balaban J connectivity index is 2.47. The van der Waals surface area contributed by atoms with Crippen molar-refractivity contribution < 1.29 is 32.5 Å². The number of aryl methyl sites for hydroxylation is 1. The van der Waals surface area contributed by atoms with Crippen molar-refractivity contribution in [1.29, 1.82) is 0 Å². The number of benzene rings is 1. The van der Waals surface area contributed by atoms with E-state index in [2.05, 4.69) is 9.84 Å². The lowest BCUT2D eigenvalue weighted by atomic mass is 10.1. The van der Waals surface area contributed by atoms with Gasteiger partial charge in [-0.05, 0) is 18.2 Å². The first-order chi connectivity index (χ1) is 11.5. The van der Waals surface area contributed by atoms with Crippen molar-refractivity contribution in [1.82, 2.24) is 9.78 Å². The number of carboxylic acids is 1. The number of halogens is 5. The van der Waals surface area contributed by atoms with Crippen LogP contribution in [0.25, 0.3) is 11.3 Å². The molecule has 0 aliphatic carbocycles. The molecule has 0 aliphatic rings. The molecule has 1 aromatic carbocycles. The number of hydrogen-bond acceptors (Lipinski definition) is 4. The summed E-state index contributed by atoms with van der Waals surface area (Å²) in [4.78, 5) is 11.0. The van der Waals surface area contributed by atoms with Crippen LogP contribution in [-0.2, 0) is 11.8 Å². The van der Waals surface area contributed by atoms with Crippen LogP contribution in [0.4, 0.5) is 13.2 Å². The molecule has 0 bridgehead atoms. The SMILES string of the molecule is Cn1nc(-c2cc(OC(C)(Cl)C(=O)O)ccc2F)c(Cl)c1OC(F)F. The van der Waals surface area contributed by atoms with E-state index in [0.717, 1.165) is 29.8 Å². The number of carboxylic acid groups (broad SMARTS) is 1. The highest BCUT2D eigenvalue weighted by Crippen LogP contribution is 2.38. The summed E-state index contributed by atoms with van der Waals surface area (Å²) in [6, 6.07) is 3.22. The first-order valence-corrected chi connectivity index (χ1v) is 7.37. The van der Waals surface area contributed by atoms with Gasteiger partial charge < -0.3 is 14.6 Å². The summed E-state index contributed by atoms with van der Waals surface area (Å²) in [6.07, 6.45) is 0. The summed E-state index contributed by atoms with van der Waals surface area (Å²) in [7, 11) is 1.28. The van der Waals surface area contributed by atoms with Crippen molar-refractivity contribution in [2.24, 2.45) is 7.05 Å².